The highest BCUT2D eigenvalue weighted by Crippen LogP contribution is 2.02. The molecule has 2 aromatic rings. The van der Waals surface area contributed by atoms with Crippen molar-refractivity contribution in [3.63, 3.8) is 0 Å². The molecule has 0 spiro atoms. The van der Waals surface area contributed by atoms with Crippen molar-refractivity contribution in [2.24, 2.45) is 5.10 Å². The molecule has 8 nitrogen and oxygen atoms in total. The fourth-order valence-corrected chi connectivity index (χ4v) is 1.25. The molecule has 0 bridgehead atoms. The molecule has 0 fully saturated rings. The molecule has 3 N–H and O–H groups in total. The van der Waals surface area contributed by atoms with E-state index in [1.54, 1.807) is 12.1 Å². The van der Waals surface area contributed by atoms with Crippen LogP contribution >= 0.6 is 0 Å². The van der Waals surface area contributed by atoms with Crippen LogP contribution in [0.4, 0.5) is 5.82 Å². The van der Waals surface area contributed by atoms with E-state index in [4.69, 9.17) is 5.11 Å². The maximum absolute atomic E-state index is 10.8. The number of aromatic nitrogens is 3. The largest absolute Gasteiger partial charge is 0.478 e. The van der Waals surface area contributed by atoms with Crippen LogP contribution in [0, 0.1) is 0 Å². The Morgan fingerprint density at radius 3 is 2.74 bits per heavy atom. The van der Waals surface area contributed by atoms with E-state index in [1.165, 1.54) is 24.5 Å². The second-order valence-corrected chi connectivity index (χ2v) is 3.47. The van der Waals surface area contributed by atoms with Gasteiger partial charge >= 0.3 is 11.7 Å². The van der Waals surface area contributed by atoms with E-state index in [0.29, 0.717) is 5.56 Å². The Bertz CT molecular complexity index is 663. The Morgan fingerprint density at radius 2 is 2.11 bits per heavy atom. The van der Waals surface area contributed by atoms with Gasteiger partial charge in [0.15, 0.2) is 5.82 Å². The number of H-pyrrole nitrogens is 1. The molecule has 0 unspecified atom stereocenters. The van der Waals surface area contributed by atoms with Crippen LogP contribution in [0.3, 0.4) is 0 Å². The van der Waals surface area contributed by atoms with Crippen molar-refractivity contribution < 1.29 is 9.90 Å². The number of aromatic carboxylic acids is 1. The van der Waals surface area contributed by atoms with E-state index in [2.05, 4.69) is 25.7 Å². The second-order valence-electron chi connectivity index (χ2n) is 3.47. The van der Waals surface area contributed by atoms with E-state index < -0.39 is 11.7 Å². The minimum absolute atomic E-state index is 0.200. The number of hydrogen-bond acceptors (Lipinski definition) is 6. The third-order valence-corrected chi connectivity index (χ3v) is 2.12. The highest BCUT2D eigenvalue weighted by atomic mass is 16.4. The number of hydrazone groups is 1. The maximum atomic E-state index is 10.8. The molecular weight excluding hydrogens is 250 g/mol. The van der Waals surface area contributed by atoms with E-state index in [9.17, 15) is 9.59 Å². The number of benzene rings is 1. The third-order valence-electron chi connectivity index (χ3n) is 2.12. The molecule has 0 saturated heterocycles. The van der Waals surface area contributed by atoms with Crippen LogP contribution in [0.5, 0.6) is 0 Å². The van der Waals surface area contributed by atoms with Gasteiger partial charge in [-0.15, -0.1) is 0 Å². The molecular formula is C11H9N5O3. The summed E-state index contributed by atoms with van der Waals surface area (Å²) in [6.45, 7) is 0. The zero-order chi connectivity index (χ0) is 13.7. The van der Waals surface area contributed by atoms with Crippen LogP contribution in [0.2, 0.25) is 0 Å². The van der Waals surface area contributed by atoms with Crippen molar-refractivity contribution in [2.45, 2.75) is 0 Å². The van der Waals surface area contributed by atoms with Crippen molar-refractivity contribution >= 4 is 18.0 Å². The van der Waals surface area contributed by atoms with Crippen LogP contribution < -0.4 is 11.1 Å². The Balaban J connectivity index is 2.03. The molecule has 2 rings (SSSR count). The fourth-order valence-electron chi connectivity index (χ4n) is 1.25. The summed E-state index contributed by atoms with van der Waals surface area (Å²) in [5.74, 6) is -0.775. The molecule has 96 valence electrons. The first kappa shape index (κ1) is 12.4. The van der Waals surface area contributed by atoms with Crippen LogP contribution in [0.15, 0.2) is 40.4 Å². The number of hydrogen-bond donors (Lipinski definition) is 3. The lowest BCUT2D eigenvalue weighted by atomic mass is 10.1. The first-order valence-electron chi connectivity index (χ1n) is 5.19. The molecule has 19 heavy (non-hydrogen) atoms. The number of nitrogens with zero attached hydrogens (tertiary/aromatic N) is 3. The van der Waals surface area contributed by atoms with Crippen LogP contribution in [0.1, 0.15) is 15.9 Å². The molecule has 1 aromatic heterocycles. The van der Waals surface area contributed by atoms with Crippen molar-refractivity contribution in [1.29, 1.82) is 0 Å². The first-order chi connectivity index (χ1) is 9.15. The van der Waals surface area contributed by atoms with E-state index >= 15 is 0 Å². The molecule has 0 atom stereocenters. The summed E-state index contributed by atoms with van der Waals surface area (Å²) < 4.78 is 0. The average Bonchev–Trinajstić information content (AvgIpc) is 2.39. The van der Waals surface area contributed by atoms with Crippen LogP contribution in [-0.4, -0.2) is 32.5 Å². The molecule has 0 aliphatic rings. The zero-order valence-electron chi connectivity index (χ0n) is 9.57. The molecule has 0 aliphatic heterocycles. The Hall–Kier alpha value is -3.03. The summed E-state index contributed by atoms with van der Waals surface area (Å²) >= 11 is 0. The smallest absolute Gasteiger partial charge is 0.363 e. The molecule has 0 radical (unpaired) electrons. The SMILES string of the molecule is O=C(O)c1ccc(C=NNc2cn[nH]c(=O)n2)cc1. The second kappa shape index (κ2) is 5.54. The quantitative estimate of drug-likeness (QED) is 0.536. The summed E-state index contributed by atoms with van der Waals surface area (Å²) in [4.78, 5) is 25.1. The minimum atomic E-state index is -0.986. The van der Waals surface area contributed by atoms with Gasteiger partial charge in [0.2, 0.25) is 0 Å². The summed E-state index contributed by atoms with van der Waals surface area (Å²) in [6, 6.07) is 6.16. The van der Waals surface area contributed by atoms with E-state index in [1.807, 2.05) is 0 Å². The molecule has 1 heterocycles. The monoisotopic (exact) mass is 259 g/mol. The number of aromatic amines is 1. The van der Waals surface area contributed by atoms with E-state index in [-0.39, 0.29) is 11.4 Å². The van der Waals surface area contributed by atoms with Gasteiger partial charge in [0.25, 0.3) is 0 Å². The van der Waals surface area contributed by atoms with Gasteiger partial charge < -0.3 is 5.11 Å². The van der Waals surface area contributed by atoms with Gasteiger partial charge in [0.1, 0.15) is 0 Å². The zero-order valence-corrected chi connectivity index (χ0v) is 9.57. The topological polar surface area (TPSA) is 120 Å². The normalized spacial score (nSPS) is 10.5. The Morgan fingerprint density at radius 1 is 1.37 bits per heavy atom. The first-order valence-corrected chi connectivity index (χ1v) is 5.19. The van der Waals surface area contributed by atoms with Gasteiger partial charge in [-0.3, -0.25) is 5.43 Å². The maximum Gasteiger partial charge on any atom is 0.363 e. The minimum Gasteiger partial charge on any atom is -0.478 e. The molecule has 1 aromatic carbocycles. The number of carbonyl (C=O) groups is 1. The van der Waals surface area contributed by atoms with Gasteiger partial charge in [-0.05, 0) is 17.7 Å². The fraction of sp³-hybridized carbons (Fsp3) is 0. The van der Waals surface area contributed by atoms with Gasteiger partial charge in [-0.25, -0.2) is 14.7 Å². The number of carboxylic acids is 1. The predicted molar refractivity (Wildman–Crippen MR) is 67.3 cm³/mol. The average molecular weight is 259 g/mol. The van der Waals surface area contributed by atoms with Crippen molar-refractivity contribution in [2.75, 3.05) is 5.43 Å². The predicted octanol–water partition coefficient (Wildman–Crippen LogP) is 0.309. The van der Waals surface area contributed by atoms with Crippen molar-refractivity contribution in [3.8, 4) is 0 Å². The summed E-state index contributed by atoms with van der Waals surface area (Å²) in [5.41, 5.74) is 2.86. The number of rotatable bonds is 4. The van der Waals surface area contributed by atoms with Crippen LogP contribution in [0.25, 0.3) is 0 Å². The Kier molecular flexibility index (Phi) is 3.62. The lowest BCUT2D eigenvalue weighted by molar-refractivity contribution is 0.0697. The summed E-state index contributed by atoms with van der Waals surface area (Å²) in [6.07, 6.45) is 2.78. The number of carboxylic acid groups (broad SMARTS) is 1. The highest BCUT2D eigenvalue weighted by Gasteiger charge is 2.00. The molecule has 0 amide bonds. The van der Waals surface area contributed by atoms with Crippen molar-refractivity contribution in [1.82, 2.24) is 15.2 Å². The van der Waals surface area contributed by atoms with Crippen molar-refractivity contribution in [3.05, 3.63) is 52.1 Å². The van der Waals surface area contributed by atoms with E-state index in [0.717, 1.165) is 0 Å². The molecule has 8 heteroatoms. The van der Waals surface area contributed by atoms with Gasteiger partial charge in [0.05, 0.1) is 18.0 Å². The van der Waals surface area contributed by atoms with Crippen LogP contribution in [-0.2, 0) is 0 Å². The van der Waals surface area contributed by atoms with Gasteiger partial charge in [0, 0.05) is 0 Å². The van der Waals surface area contributed by atoms with Gasteiger partial charge in [-0.2, -0.15) is 15.2 Å². The standard InChI is InChI=1S/C11H9N5O3/c17-10(18)8-3-1-7(2-4-8)5-12-15-9-6-13-16-11(19)14-9/h1-6H,(H,17,18)(H2,14,15,16,19). The number of anilines is 1. The van der Waals surface area contributed by atoms with Gasteiger partial charge in [-0.1, -0.05) is 12.1 Å². The molecule has 0 aliphatic carbocycles. The lowest BCUT2D eigenvalue weighted by Crippen LogP contribution is -2.13. The third kappa shape index (κ3) is 3.46. The Labute approximate surface area is 106 Å². The summed E-state index contributed by atoms with van der Waals surface area (Å²) in [7, 11) is 0. The lowest BCUT2D eigenvalue weighted by Gasteiger charge is -1.97. The summed E-state index contributed by atoms with van der Waals surface area (Å²) in [5, 5.41) is 18.3. The number of nitrogens with one attached hydrogen (secondary N) is 2. The molecule has 0 saturated carbocycles. The highest BCUT2D eigenvalue weighted by molar-refractivity contribution is 5.89.